The molecule has 0 radical (unpaired) electrons. The summed E-state index contributed by atoms with van der Waals surface area (Å²) in [4.78, 5) is 32.5. The number of esters is 1. The molecule has 1 aromatic heterocycles. The Morgan fingerprint density at radius 1 is 1.24 bits per heavy atom. The first-order valence-corrected chi connectivity index (χ1v) is 12.6. The molecule has 3 heterocycles. The van der Waals surface area contributed by atoms with E-state index in [4.69, 9.17) is 4.74 Å². The number of carbonyl (C=O) groups excluding carboxylic acids is 2. The van der Waals surface area contributed by atoms with Crippen LogP contribution in [0.1, 0.15) is 23.7 Å². The molecule has 0 unspecified atom stereocenters. The fraction of sp³-hybridized carbons (Fsp3) is 0.273. The highest BCUT2D eigenvalue weighted by Crippen LogP contribution is 2.32. The van der Waals surface area contributed by atoms with Gasteiger partial charge < -0.3 is 9.64 Å². The van der Waals surface area contributed by atoms with Gasteiger partial charge in [-0.2, -0.15) is 0 Å². The first kappa shape index (κ1) is 22.9. The van der Waals surface area contributed by atoms with E-state index in [-0.39, 0.29) is 36.2 Å². The van der Waals surface area contributed by atoms with Crippen molar-refractivity contribution < 1.29 is 22.7 Å². The Kier molecular flexibility index (Phi) is 6.17. The lowest BCUT2D eigenvalue weighted by Gasteiger charge is -2.26. The number of aromatic nitrogens is 1. The molecule has 33 heavy (non-hydrogen) atoms. The van der Waals surface area contributed by atoms with Crippen LogP contribution in [0.2, 0.25) is 0 Å². The van der Waals surface area contributed by atoms with Crippen LogP contribution in [0.5, 0.6) is 0 Å². The van der Waals surface area contributed by atoms with Gasteiger partial charge in [0, 0.05) is 25.0 Å². The Morgan fingerprint density at radius 2 is 2.03 bits per heavy atom. The van der Waals surface area contributed by atoms with E-state index in [0.717, 1.165) is 16.8 Å². The predicted molar refractivity (Wildman–Crippen MR) is 126 cm³/mol. The number of fused-ring (bicyclic) bond motifs is 1. The Morgan fingerprint density at radius 3 is 2.79 bits per heavy atom. The third kappa shape index (κ3) is 4.88. The Balaban J connectivity index is 1.45. The second kappa shape index (κ2) is 8.91. The van der Waals surface area contributed by atoms with E-state index in [1.165, 1.54) is 36.6 Å². The summed E-state index contributed by atoms with van der Waals surface area (Å²) in [7, 11) is -3.46. The van der Waals surface area contributed by atoms with Crippen LogP contribution in [0, 0.1) is 13.8 Å². The molecule has 0 fully saturated rings. The van der Waals surface area contributed by atoms with Crippen LogP contribution in [-0.4, -0.2) is 48.3 Å². The summed E-state index contributed by atoms with van der Waals surface area (Å²) in [6, 6.07) is 5.75. The van der Waals surface area contributed by atoms with E-state index in [0.29, 0.717) is 10.8 Å². The van der Waals surface area contributed by atoms with Crippen molar-refractivity contribution in [2.75, 3.05) is 17.2 Å². The molecule has 11 heteroatoms. The van der Waals surface area contributed by atoms with Crippen molar-refractivity contribution in [1.82, 2.24) is 9.88 Å². The molecule has 1 aromatic carbocycles. The minimum atomic E-state index is -3.46. The molecule has 1 amide bonds. The normalized spacial score (nSPS) is 16.5. The van der Waals surface area contributed by atoms with Crippen molar-refractivity contribution >= 4 is 49.9 Å². The smallest absolute Gasteiger partial charge is 0.340 e. The number of amides is 1. The quantitative estimate of drug-likeness (QED) is 0.598. The average molecular weight is 487 g/mol. The maximum absolute atomic E-state index is 12.5. The van der Waals surface area contributed by atoms with E-state index in [1.54, 1.807) is 15.2 Å². The molecule has 9 nitrogen and oxygen atoms in total. The number of amidine groups is 1. The zero-order chi connectivity index (χ0) is 23.8. The molecule has 2 aliphatic heterocycles. The maximum atomic E-state index is 12.5. The topological polar surface area (TPSA) is 109 Å². The van der Waals surface area contributed by atoms with Crippen LogP contribution >= 0.6 is 11.3 Å². The molecule has 0 saturated carbocycles. The summed E-state index contributed by atoms with van der Waals surface area (Å²) in [5.74, 6) is -0.568. The zero-order valence-corrected chi connectivity index (χ0v) is 19.9. The van der Waals surface area contributed by atoms with Crippen molar-refractivity contribution in [3.8, 4) is 0 Å². The lowest BCUT2D eigenvalue weighted by atomic mass is 10.1. The molecule has 0 bridgehead atoms. The molecule has 0 aliphatic carbocycles. The van der Waals surface area contributed by atoms with Gasteiger partial charge in [-0.25, -0.2) is 18.2 Å². The third-order valence-electron chi connectivity index (χ3n) is 5.27. The van der Waals surface area contributed by atoms with Gasteiger partial charge >= 0.3 is 5.97 Å². The van der Waals surface area contributed by atoms with Gasteiger partial charge in [-0.3, -0.25) is 9.69 Å². The number of hydrogen-bond donors (Lipinski definition) is 0. The Labute approximate surface area is 195 Å². The van der Waals surface area contributed by atoms with Crippen molar-refractivity contribution in [1.29, 1.82) is 0 Å². The van der Waals surface area contributed by atoms with Crippen molar-refractivity contribution in [2.45, 2.75) is 27.4 Å². The highest BCUT2D eigenvalue weighted by Gasteiger charge is 2.26. The van der Waals surface area contributed by atoms with Crippen LogP contribution < -0.4 is 4.90 Å². The average Bonchev–Trinajstić information content (AvgIpc) is 3.22. The number of sulfonamides is 1. The minimum Gasteiger partial charge on any atom is -0.456 e. The molecule has 2 aromatic rings. The fourth-order valence-corrected chi connectivity index (χ4v) is 5.23. The maximum Gasteiger partial charge on any atom is 0.340 e. The molecule has 0 atom stereocenters. The SMILES string of the molecule is CC(=O)N(c1nc(COC(=O)C2=CN3CCS(=O)(=O)N=C3C=C2)cs1)c1cccc(C)c1C. The number of aryl methyl sites for hydroxylation is 1. The third-order valence-corrected chi connectivity index (χ3v) is 7.31. The minimum absolute atomic E-state index is 0.0611. The lowest BCUT2D eigenvalue weighted by Crippen LogP contribution is -2.37. The molecule has 172 valence electrons. The number of anilines is 2. The van der Waals surface area contributed by atoms with Gasteiger partial charge in [0.15, 0.2) is 5.13 Å². The van der Waals surface area contributed by atoms with E-state index >= 15 is 0 Å². The molecule has 0 saturated heterocycles. The van der Waals surface area contributed by atoms with Crippen molar-refractivity contribution in [3.63, 3.8) is 0 Å². The monoisotopic (exact) mass is 486 g/mol. The highest BCUT2D eigenvalue weighted by atomic mass is 32.2. The Bertz CT molecular complexity index is 1320. The second-order valence-electron chi connectivity index (χ2n) is 7.62. The van der Waals surface area contributed by atoms with Gasteiger partial charge in [0.2, 0.25) is 5.91 Å². The van der Waals surface area contributed by atoms with Crippen molar-refractivity contribution in [3.05, 3.63) is 64.3 Å². The summed E-state index contributed by atoms with van der Waals surface area (Å²) < 4.78 is 32.3. The predicted octanol–water partition coefficient (Wildman–Crippen LogP) is 2.99. The van der Waals surface area contributed by atoms with Crippen LogP contribution in [-0.2, 0) is 31.0 Å². The number of nitrogens with zero attached hydrogens (tertiary/aromatic N) is 4. The van der Waals surface area contributed by atoms with E-state index in [2.05, 4.69) is 9.38 Å². The van der Waals surface area contributed by atoms with Gasteiger partial charge in [0.25, 0.3) is 10.0 Å². The second-order valence-corrected chi connectivity index (χ2v) is 10.2. The van der Waals surface area contributed by atoms with Crippen LogP contribution in [0.15, 0.2) is 51.9 Å². The van der Waals surface area contributed by atoms with Crippen LogP contribution in [0.4, 0.5) is 10.8 Å². The van der Waals surface area contributed by atoms with E-state index in [9.17, 15) is 18.0 Å². The standard InChI is InChI=1S/C22H22N4O5S2/c1-14-5-4-6-19(15(14)2)26(16(3)27)22-23-18(13-32-22)12-31-21(28)17-7-8-20-24-33(29,30)10-9-25(20)11-17/h4-8,11,13H,9-10,12H2,1-3H3. The van der Waals surface area contributed by atoms with Gasteiger partial charge in [-0.15, -0.1) is 15.7 Å². The number of thiazole rings is 1. The first-order chi connectivity index (χ1) is 15.6. The van der Waals surface area contributed by atoms with Gasteiger partial charge in [-0.05, 0) is 43.2 Å². The number of ether oxygens (including phenoxy) is 1. The van der Waals surface area contributed by atoms with Gasteiger partial charge in [0.05, 0.1) is 22.7 Å². The number of carbonyl (C=O) groups is 2. The molecular weight excluding hydrogens is 464 g/mol. The summed E-state index contributed by atoms with van der Waals surface area (Å²) in [5, 5.41) is 2.24. The summed E-state index contributed by atoms with van der Waals surface area (Å²) in [6.45, 7) is 5.58. The van der Waals surface area contributed by atoms with Gasteiger partial charge in [0.1, 0.15) is 12.4 Å². The molecular formula is C22H22N4O5S2. The fourth-order valence-electron chi connectivity index (χ4n) is 3.39. The van der Waals surface area contributed by atoms with Crippen LogP contribution in [0.25, 0.3) is 0 Å². The lowest BCUT2D eigenvalue weighted by molar-refractivity contribution is -0.140. The molecule has 0 spiro atoms. The van der Waals surface area contributed by atoms with Gasteiger partial charge in [-0.1, -0.05) is 12.1 Å². The van der Waals surface area contributed by atoms with Crippen LogP contribution in [0.3, 0.4) is 0 Å². The van der Waals surface area contributed by atoms with E-state index < -0.39 is 16.0 Å². The first-order valence-electron chi connectivity index (χ1n) is 10.1. The molecule has 0 N–H and O–H groups in total. The summed E-state index contributed by atoms with van der Waals surface area (Å²) in [6.07, 6.45) is 4.48. The summed E-state index contributed by atoms with van der Waals surface area (Å²) >= 11 is 1.29. The number of benzene rings is 1. The largest absolute Gasteiger partial charge is 0.456 e. The highest BCUT2D eigenvalue weighted by molar-refractivity contribution is 7.90. The Hall–Kier alpha value is -3.31. The molecule has 4 rings (SSSR count). The number of rotatable bonds is 5. The van der Waals surface area contributed by atoms with E-state index in [1.807, 2.05) is 32.0 Å². The number of hydrogen-bond acceptors (Lipinski definition) is 8. The molecule has 2 aliphatic rings. The zero-order valence-electron chi connectivity index (χ0n) is 18.3. The summed E-state index contributed by atoms with van der Waals surface area (Å²) in [5.41, 5.74) is 3.62. The van der Waals surface area contributed by atoms with Crippen molar-refractivity contribution in [2.24, 2.45) is 4.40 Å².